The average Bonchev–Trinajstić information content (AvgIpc) is 2.73. The summed E-state index contributed by atoms with van der Waals surface area (Å²) in [6.07, 6.45) is -4.36. The third-order valence-corrected chi connectivity index (χ3v) is 5.63. The Bertz CT molecular complexity index is 869. The molecule has 0 N–H and O–H groups in total. The van der Waals surface area contributed by atoms with Crippen LogP contribution in [-0.4, -0.2) is 71.8 Å². The summed E-state index contributed by atoms with van der Waals surface area (Å²) < 4.78 is 45.1. The molecule has 1 aromatic heterocycles. The van der Waals surface area contributed by atoms with Crippen molar-refractivity contribution in [2.75, 3.05) is 46.1 Å². The van der Waals surface area contributed by atoms with Crippen molar-refractivity contribution in [3.8, 4) is 17.0 Å². The molecule has 2 aromatic rings. The van der Waals surface area contributed by atoms with Gasteiger partial charge in [-0.3, -0.25) is 4.79 Å². The molecular weight excluding hydrogens is 417 g/mol. The van der Waals surface area contributed by atoms with Gasteiger partial charge in [-0.1, -0.05) is 11.8 Å². The summed E-state index contributed by atoms with van der Waals surface area (Å²) in [5, 5.41) is 0.00169. The van der Waals surface area contributed by atoms with E-state index < -0.39 is 11.9 Å². The minimum Gasteiger partial charge on any atom is -0.497 e. The molecular formula is C20H23F3N4O2S. The van der Waals surface area contributed by atoms with E-state index in [1.165, 1.54) is 7.11 Å². The Morgan fingerprint density at radius 1 is 1.13 bits per heavy atom. The number of carbonyl (C=O) groups excluding carboxylic acids is 1. The Kier molecular flexibility index (Phi) is 7.19. The van der Waals surface area contributed by atoms with E-state index in [1.807, 2.05) is 7.05 Å². The van der Waals surface area contributed by atoms with Crippen LogP contribution in [0.1, 0.15) is 12.1 Å². The fraction of sp³-hybridized carbons (Fsp3) is 0.450. The first-order valence-electron chi connectivity index (χ1n) is 9.46. The minimum absolute atomic E-state index is 0.00169. The van der Waals surface area contributed by atoms with Gasteiger partial charge in [0.1, 0.15) is 11.4 Å². The van der Waals surface area contributed by atoms with Gasteiger partial charge in [0, 0.05) is 43.9 Å². The van der Waals surface area contributed by atoms with E-state index in [0.717, 1.165) is 30.9 Å². The zero-order valence-electron chi connectivity index (χ0n) is 16.8. The van der Waals surface area contributed by atoms with Gasteiger partial charge in [0.15, 0.2) is 5.16 Å². The molecule has 6 nitrogen and oxygen atoms in total. The van der Waals surface area contributed by atoms with Crippen LogP contribution in [0, 0.1) is 0 Å². The zero-order chi connectivity index (χ0) is 21.7. The van der Waals surface area contributed by atoms with E-state index in [9.17, 15) is 18.0 Å². The molecule has 0 spiro atoms. The second kappa shape index (κ2) is 9.65. The fourth-order valence-corrected chi connectivity index (χ4v) is 3.77. The van der Waals surface area contributed by atoms with Gasteiger partial charge in [0.2, 0.25) is 5.91 Å². The van der Waals surface area contributed by atoms with Crippen LogP contribution in [0.25, 0.3) is 11.3 Å². The molecule has 3 rings (SSSR count). The maximum atomic E-state index is 13.3. The van der Waals surface area contributed by atoms with Gasteiger partial charge < -0.3 is 14.5 Å². The van der Waals surface area contributed by atoms with Crippen LogP contribution in [0.4, 0.5) is 13.2 Å². The Balaban J connectivity index is 1.71. The number of nitrogens with zero attached hydrogens (tertiary/aromatic N) is 4. The molecule has 0 saturated carbocycles. The first kappa shape index (κ1) is 22.4. The lowest BCUT2D eigenvalue weighted by molar-refractivity contribution is -0.141. The summed E-state index contributed by atoms with van der Waals surface area (Å²) in [5.41, 5.74) is -0.303. The van der Waals surface area contributed by atoms with E-state index in [0.29, 0.717) is 30.2 Å². The van der Waals surface area contributed by atoms with Gasteiger partial charge in [0.25, 0.3) is 0 Å². The number of ether oxygens (including phenoxy) is 1. The highest BCUT2D eigenvalue weighted by atomic mass is 32.2. The summed E-state index contributed by atoms with van der Waals surface area (Å²) in [4.78, 5) is 24.2. The van der Waals surface area contributed by atoms with E-state index in [-0.39, 0.29) is 23.2 Å². The third-order valence-electron chi connectivity index (χ3n) is 4.78. The number of hydrogen-bond donors (Lipinski definition) is 0. The number of piperazine rings is 1. The number of carbonyl (C=O) groups is 1. The quantitative estimate of drug-likeness (QED) is 0.507. The van der Waals surface area contributed by atoms with Gasteiger partial charge >= 0.3 is 6.18 Å². The number of halogens is 3. The monoisotopic (exact) mass is 440 g/mol. The van der Waals surface area contributed by atoms with Gasteiger partial charge in [-0.05, 0) is 37.4 Å². The molecule has 10 heteroatoms. The van der Waals surface area contributed by atoms with Crippen molar-refractivity contribution in [2.24, 2.45) is 0 Å². The molecule has 0 aliphatic carbocycles. The van der Waals surface area contributed by atoms with Gasteiger partial charge in [-0.25, -0.2) is 9.97 Å². The summed E-state index contributed by atoms with van der Waals surface area (Å²) in [5.74, 6) is 0.910. The normalized spacial score (nSPS) is 15.3. The number of rotatable bonds is 6. The van der Waals surface area contributed by atoms with Crippen LogP contribution in [0.15, 0.2) is 35.5 Å². The molecule has 0 unspecified atom stereocenters. The van der Waals surface area contributed by atoms with Crippen molar-refractivity contribution in [2.45, 2.75) is 17.8 Å². The second-order valence-corrected chi connectivity index (χ2v) is 7.99. The first-order chi connectivity index (χ1) is 14.3. The van der Waals surface area contributed by atoms with E-state index >= 15 is 0 Å². The number of amides is 1. The van der Waals surface area contributed by atoms with Crippen LogP contribution >= 0.6 is 11.8 Å². The van der Waals surface area contributed by atoms with Crippen molar-refractivity contribution >= 4 is 17.7 Å². The van der Waals surface area contributed by atoms with Crippen LogP contribution < -0.4 is 4.74 Å². The van der Waals surface area contributed by atoms with Crippen molar-refractivity contribution in [1.29, 1.82) is 0 Å². The second-order valence-electron chi connectivity index (χ2n) is 6.93. The smallest absolute Gasteiger partial charge is 0.433 e. The Hall–Kier alpha value is -2.33. The Labute approximate surface area is 177 Å². The molecule has 2 heterocycles. The molecule has 1 aromatic carbocycles. The lowest BCUT2D eigenvalue weighted by atomic mass is 10.1. The third kappa shape index (κ3) is 5.85. The highest BCUT2D eigenvalue weighted by Gasteiger charge is 2.34. The minimum atomic E-state index is -4.59. The fourth-order valence-electron chi connectivity index (χ4n) is 2.99. The molecule has 162 valence electrons. The molecule has 30 heavy (non-hydrogen) atoms. The molecule has 0 radical (unpaired) electrons. The Morgan fingerprint density at radius 3 is 2.40 bits per heavy atom. The average molecular weight is 440 g/mol. The van der Waals surface area contributed by atoms with Gasteiger partial charge in [0.05, 0.1) is 12.8 Å². The van der Waals surface area contributed by atoms with E-state index in [4.69, 9.17) is 4.74 Å². The predicted molar refractivity (Wildman–Crippen MR) is 108 cm³/mol. The zero-order valence-corrected chi connectivity index (χ0v) is 17.6. The van der Waals surface area contributed by atoms with Crippen molar-refractivity contribution in [3.05, 3.63) is 36.0 Å². The van der Waals surface area contributed by atoms with E-state index in [2.05, 4.69) is 14.9 Å². The summed E-state index contributed by atoms with van der Waals surface area (Å²) in [7, 11) is 3.52. The van der Waals surface area contributed by atoms with Crippen LogP contribution in [0.2, 0.25) is 0 Å². The molecule has 0 atom stereocenters. The number of likely N-dealkylation sites (N-methyl/N-ethyl adjacent to an activating group) is 1. The molecule has 1 aliphatic rings. The maximum absolute atomic E-state index is 13.3. The topological polar surface area (TPSA) is 58.6 Å². The van der Waals surface area contributed by atoms with Gasteiger partial charge in [-0.2, -0.15) is 13.2 Å². The SMILES string of the molecule is COc1ccc(-c2cc(C(F)(F)F)nc(SCCC(=O)N3CCN(C)CC3)n2)cc1. The lowest BCUT2D eigenvalue weighted by Gasteiger charge is -2.32. The molecule has 0 bridgehead atoms. The number of benzene rings is 1. The number of thioether (sulfide) groups is 1. The number of methoxy groups -OCH3 is 1. The molecule has 1 aliphatic heterocycles. The highest BCUT2D eigenvalue weighted by Crippen LogP contribution is 2.32. The van der Waals surface area contributed by atoms with Crippen molar-refractivity contribution in [3.63, 3.8) is 0 Å². The standard InChI is InChI=1S/C20H23F3N4O2S/c1-26-8-10-27(11-9-26)18(28)7-12-30-19-24-16(13-17(25-19)20(21,22)23)14-3-5-15(29-2)6-4-14/h3-6,13H,7-12H2,1-2H3. The highest BCUT2D eigenvalue weighted by molar-refractivity contribution is 7.99. The Morgan fingerprint density at radius 2 is 1.80 bits per heavy atom. The number of alkyl halides is 3. The lowest BCUT2D eigenvalue weighted by Crippen LogP contribution is -2.47. The number of hydrogen-bond acceptors (Lipinski definition) is 6. The van der Waals surface area contributed by atoms with Crippen LogP contribution in [-0.2, 0) is 11.0 Å². The van der Waals surface area contributed by atoms with Crippen molar-refractivity contribution in [1.82, 2.24) is 19.8 Å². The largest absolute Gasteiger partial charge is 0.497 e. The summed E-state index contributed by atoms with van der Waals surface area (Å²) >= 11 is 1.06. The molecule has 1 saturated heterocycles. The summed E-state index contributed by atoms with van der Waals surface area (Å²) in [6, 6.07) is 7.54. The molecule has 1 amide bonds. The number of aromatic nitrogens is 2. The predicted octanol–water partition coefficient (Wildman–Crippen LogP) is 3.43. The van der Waals surface area contributed by atoms with Crippen LogP contribution in [0.3, 0.4) is 0 Å². The summed E-state index contributed by atoms with van der Waals surface area (Å²) in [6.45, 7) is 2.98. The van der Waals surface area contributed by atoms with Crippen LogP contribution in [0.5, 0.6) is 5.75 Å². The maximum Gasteiger partial charge on any atom is 0.433 e. The van der Waals surface area contributed by atoms with Gasteiger partial charge in [-0.15, -0.1) is 0 Å². The first-order valence-corrected chi connectivity index (χ1v) is 10.4. The van der Waals surface area contributed by atoms with Crippen molar-refractivity contribution < 1.29 is 22.7 Å². The van der Waals surface area contributed by atoms with E-state index in [1.54, 1.807) is 29.2 Å². The molecule has 1 fully saturated rings.